The van der Waals surface area contributed by atoms with Crippen molar-refractivity contribution < 1.29 is 8.49 Å². The number of hydrogen-bond donors (Lipinski definition) is 1. The lowest BCUT2D eigenvalue weighted by Crippen LogP contribution is -2.28. The lowest BCUT2D eigenvalue weighted by molar-refractivity contribution is 0.367. The van der Waals surface area contributed by atoms with Crippen LogP contribution in [0.15, 0.2) is 24.3 Å². The molecule has 0 fully saturated rings. The first-order chi connectivity index (χ1) is 7.67. The molecule has 4 nitrogen and oxygen atoms in total. The van der Waals surface area contributed by atoms with Crippen LogP contribution in [0.5, 0.6) is 0 Å². The minimum Gasteiger partial charge on any atom is -0.250 e. The van der Waals surface area contributed by atoms with E-state index in [9.17, 15) is 4.21 Å². The number of nitrogens with one attached hydrogen (secondary N) is 1. The van der Waals surface area contributed by atoms with Gasteiger partial charge in [-0.3, -0.25) is 5.48 Å². The van der Waals surface area contributed by atoms with Crippen molar-refractivity contribution >= 4 is 28.6 Å². The molecule has 0 aliphatic carbocycles. The van der Waals surface area contributed by atoms with E-state index >= 15 is 0 Å². The van der Waals surface area contributed by atoms with E-state index in [2.05, 4.69) is 5.48 Å². The summed E-state index contributed by atoms with van der Waals surface area (Å²) in [4.78, 5) is 0. The molecule has 1 N–H and O–H groups in total. The molecule has 1 rings (SSSR count). The van der Waals surface area contributed by atoms with E-state index in [0.29, 0.717) is 23.8 Å². The van der Waals surface area contributed by atoms with Gasteiger partial charge in [0, 0.05) is 18.1 Å². The van der Waals surface area contributed by atoms with Crippen LogP contribution in [0.4, 0.5) is 5.69 Å². The molecule has 90 valence electrons. The first-order valence-corrected chi connectivity index (χ1v) is 6.44. The first-order valence-electron chi connectivity index (χ1n) is 5.03. The Labute approximate surface area is 103 Å². The molecule has 16 heavy (non-hydrogen) atoms. The van der Waals surface area contributed by atoms with Crippen LogP contribution >= 0.6 is 11.6 Å². The van der Waals surface area contributed by atoms with Gasteiger partial charge >= 0.3 is 0 Å². The third kappa shape index (κ3) is 4.09. The van der Waals surface area contributed by atoms with E-state index in [1.807, 2.05) is 13.8 Å². The van der Waals surface area contributed by atoms with Crippen molar-refractivity contribution in [2.24, 2.45) is 0 Å². The molecular weight excluding hydrogens is 248 g/mol. The molecule has 0 radical (unpaired) electrons. The van der Waals surface area contributed by atoms with Crippen LogP contribution < -0.4 is 5.48 Å². The number of rotatable bonds is 6. The quantitative estimate of drug-likeness (QED) is 0.802. The summed E-state index contributed by atoms with van der Waals surface area (Å²) in [6, 6.07) is 7.02. The third-order valence-electron chi connectivity index (χ3n) is 1.97. The number of halogens is 1. The molecule has 0 amide bonds. The summed E-state index contributed by atoms with van der Waals surface area (Å²) in [5.41, 5.74) is 3.28. The van der Waals surface area contributed by atoms with E-state index in [-0.39, 0.29) is 0 Å². The molecule has 1 aromatic rings. The second-order valence-corrected chi connectivity index (χ2v) is 4.58. The van der Waals surface area contributed by atoms with Crippen molar-refractivity contribution in [2.75, 3.05) is 18.6 Å². The minimum atomic E-state index is -1.49. The zero-order chi connectivity index (χ0) is 12.0. The van der Waals surface area contributed by atoms with Gasteiger partial charge in [0.1, 0.15) is 0 Å². The summed E-state index contributed by atoms with van der Waals surface area (Å²) in [5.74, 6) is 0. The van der Waals surface area contributed by atoms with Gasteiger partial charge in [-0.1, -0.05) is 31.5 Å². The first kappa shape index (κ1) is 13.4. The summed E-state index contributed by atoms with van der Waals surface area (Å²) in [5, 5.41) is 0.599. The molecule has 1 unspecified atom stereocenters. The molecular formula is C10H15ClN2O2S. The molecule has 1 atom stereocenters. The average molecular weight is 263 g/mol. The Balaban J connectivity index is 2.48. The Hall–Kier alpha value is -0.620. The van der Waals surface area contributed by atoms with Gasteiger partial charge in [0.2, 0.25) is 0 Å². The molecule has 0 aliphatic rings. The maximum absolute atomic E-state index is 11.6. The molecule has 0 aliphatic heterocycles. The highest BCUT2D eigenvalue weighted by Gasteiger charge is 2.09. The topological polar surface area (TPSA) is 41.6 Å². The highest BCUT2D eigenvalue weighted by atomic mass is 35.5. The zero-order valence-electron chi connectivity index (χ0n) is 9.27. The SMILES string of the molecule is CCN(CC)S(=O)ONc1cccc(Cl)c1. The summed E-state index contributed by atoms with van der Waals surface area (Å²) >= 11 is 4.31. The van der Waals surface area contributed by atoms with Gasteiger partial charge in [-0.15, -0.1) is 0 Å². The van der Waals surface area contributed by atoms with E-state index < -0.39 is 11.3 Å². The van der Waals surface area contributed by atoms with Crippen LogP contribution in [-0.4, -0.2) is 21.6 Å². The van der Waals surface area contributed by atoms with Crippen molar-refractivity contribution in [3.63, 3.8) is 0 Å². The van der Waals surface area contributed by atoms with Crippen LogP contribution in [-0.2, 0) is 15.6 Å². The molecule has 0 aromatic heterocycles. The van der Waals surface area contributed by atoms with Gasteiger partial charge in [-0.25, -0.2) is 8.51 Å². The van der Waals surface area contributed by atoms with Crippen molar-refractivity contribution in [3.05, 3.63) is 29.3 Å². The zero-order valence-corrected chi connectivity index (χ0v) is 10.8. The van der Waals surface area contributed by atoms with E-state index in [1.165, 1.54) is 0 Å². The summed E-state index contributed by atoms with van der Waals surface area (Å²) in [7, 11) is 0. The van der Waals surface area contributed by atoms with E-state index in [0.717, 1.165) is 0 Å². The van der Waals surface area contributed by atoms with Gasteiger partial charge in [-0.05, 0) is 18.2 Å². The Kier molecular flexibility index (Phi) is 5.76. The van der Waals surface area contributed by atoms with Gasteiger partial charge in [0.25, 0.3) is 11.3 Å². The monoisotopic (exact) mass is 262 g/mol. The standard InChI is InChI=1S/C10H15ClN2O2S/c1-3-13(4-2)16(14)15-12-10-7-5-6-9(11)8-10/h5-8,12H,3-4H2,1-2H3. The van der Waals surface area contributed by atoms with Crippen LogP contribution in [0.3, 0.4) is 0 Å². The normalized spacial score (nSPS) is 12.8. The Bertz CT molecular complexity index is 358. The van der Waals surface area contributed by atoms with Gasteiger partial charge in [0.15, 0.2) is 0 Å². The average Bonchev–Trinajstić information content (AvgIpc) is 2.28. The molecule has 0 spiro atoms. The predicted octanol–water partition coefficient (Wildman–Crippen LogP) is 2.60. The van der Waals surface area contributed by atoms with Crippen LogP contribution in [0.2, 0.25) is 5.02 Å². The van der Waals surface area contributed by atoms with Crippen molar-refractivity contribution in [3.8, 4) is 0 Å². The number of anilines is 1. The molecule has 6 heteroatoms. The lowest BCUT2D eigenvalue weighted by Gasteiger charge is -2.16. The van der Waals surface area contributed by atoms with Crippen LogP contribution in [0, 0.1) is 0 Å². The van der Waals surface area contributed by atoms with Crippen LogP contribution in [0.25, 0.3) is 0 Å². The van der Waals surface area contributed by atoms with Crippen molar-refractivity contribution in [2.45, 2.75) is 13.8 Å². The summed E-state index contributed by atoms with van der Waals surface area (Å²) < 4.78 is 18.3. The molecule has 0 saturated carbocycles. The van der Waals surface area contributed by atoms with Gasteiger partial charge in [-0.2, -0.15) is 4.28 Å². The minimum absolute atomic E-state index is 0.599. The Morgan fingerprint density at radius 2 is 2.12 bits per heavy atom. The summed E-state index contributed by atoms with van der Waals surface area (Å²) in [6.45, 7) is 5.18. The highest BCUT2D eigenvalue weighted by molar-refractivity contribution is 7.77. The van der Waals surface area contributed by atoms with Crippen molar-refractivity contribution in [1.29, 1.82) is 0 Å². The maximum Gasteiger partial charge on any atom is 0.259 e. The van der Waals surface area contributed by atoms with Crippen molar-refractivity contribution in [1.82, 2.24) is 4.31 Å². The smallest absolute Gasteiger partial charge is 0.250 e. The fourth-order valence-corrected chi connectivity index (χ4v) is 2.01. The highest BCUT2D eigenvalue weighted by Crippen LogP contribution is 2.15. The third-order valence-corrected chi connectivity index (χ3v) is 3.37. The molecule has 1 aromatic carbocycles. The van der Waals surface area contributed by atoms with Gasteiger partial charge < -0.3 is 0 Å². The summed E-state index contributed by atoms with van der Waals surface area (Å²) in [6.07, 6.45) is 0. The van der Waals surface area contributed by atoms with Crippen LogP contribution in [0.1, 0.15) is 13.8 Å². The van der Waals surface area contributed by atoms with E-state index in [4.69, 9.17) is 15.9 Å². The maximum atomic E-state index is 11.6. The number of benzene rings is 1. The second kappa shape index (κ2) is 6.85. The lowest BCUT2D eigenvalue weighted by atomic mass is 10.3. The number of hydrogen-bond acceptors (Lipinski definition) is 3. The van der Waals surface area contributed by atoms with Gasteiger partial charge in [0.05, 0.1) is 5.69 Å². The Morgan fingerprint density at radius 1 is 1.44 bits per heavy atom. The fourth-order valence-electron chi connectivity index (χ4n) is 1.12. The Morgan fingerprint density at radius 3 is 2.69 bits per heavy atom. The molecule has 0 saturated heterocycles. The van der Waals surface area contributed by atoms with E-state index in [1.54, 1.807) is 28.6 Å². The second-order valence-electron chi connectivity index (χ2n) is 3.03. The number of nitrogens with zero attached hydrogens (tertiary/aromatic N) is 1. The largest absolute Gasteiger partial charge is 0.259 e. The molecule has 0 bridgehead atoms. The molecule has 0 heterocycles. The fraction of sp³-hybridized carbons (Fsp3) is 0.400. The predicted molar refractivity (Wildman–Crippen MR) is 67.2 cm³/mol.